The molecule has 0 bridgehead atoms. The fourth-order valence-corrected chi connectivity index (χ4v) is 2.89. The minimum Gasteiger partial charge on any atom is -0.473 e. The molecule has 0 spiro atoms. The lowest BCUT2D eigenvalue weighted by Crippen LogP contribution is -2.40. The van der Waals surface area contributed by atoms with E-state index in [1.165, 1.54) is 0 Å². The van der Waals surface area contributed by atoms with Crippen molar-refractivity contribution in [2.75, 3.05) is 19.4 Å². The Bertz CT molecular complexity index is 870. The number of halogens is 1. The summed E-state index contributed by atoms with van der Waals surface area (Å²) < 4.78 is 39.7. The molecular formula is C18H20ClNO6S. The summed E-state index contributed by atoms with van der Waals surface area (Å²) in [6.45, 7) is 1.60. The predicted octanol–water partition coefficient (Wildman–Crippen LogP) is 3.63. The third kappa shape index (κ3) is 6.99. The highest BCUT2D eigenvalue weighted by Crippen LogP contribution is 2.26. The first-order chi connectivity index (χ1) is 12.8. The van der Waals surface area contributed by atoms with Crippen molar-refractivity contribution < 1.29 is 27.4 Å². The van der Waals surface area contributed by atoms with E-state index in [1.807, 2.05) is 0 Å². The number of carbonyl (C=O) groups excluding carboxylic acids is 1. The van der Waals surface area contributed by atoms with Gasteiger partial charge < -0.3 is 19.5 Å². The van der Waals surface area contributed by atoms with Crippen molar-refractivity contribution >= 4 is 27.5 Å². The highest BCUT2D eigenvalue weighted by molar-refractivity contribution is 7.91. The quantitative estimate of drug-likeness (QED) is 0.710. The molecule has 0 saturated carbocycles. The molecule has 0 saturated heterocycles. The second kappa shape index (κ2) is 9.48. The van der Waals surface area contributed by atoms with Gasteiger partial charge in [-0.25, -0.2) is 13.2 Å². The topological polar surface area (TPSA) is 90.9 Å². The third-order valence-corrected chi connectivity index (χ3v) is 4.74. The van der Waals surface area contributed by atoms with Crippen molar-refractivity contribution in [2.45, 2.75) is 12.4 Å². The zero-order chi connectivity index (χ0) is 19.9. The summed E-state index contributed by atoms with van der Waals surface area (Å²) >= 11 is 5.91. The summed E-state index contributed by atoms with van der Waals surface area (Å²) in [6, 6.07) is 13.3. The van der Waals surface area contributed by atoms with Crippen LogP contribution < -0.4 is 14.8 Å². The lowest BCUT2D eigenvalue weighted by atomic mass is 10.3. The van der Waals surface area contributed by atoms with Crippen LogP contribution in [-0.4, -0.2) is 39.4 Å². The number of alkyl carbamates (subject to hydrolysis) is 1. The number of hydrogen-bond acceptors (Lipinski definition) is 6. The zero-order valence-electron chi connectivity index (χ0n) is 14.8. The second-order valence-electron chi connectivity index (χ2n) is 5.51. The van der Waals surface area contributed by atoms with Crippen LogP contribution in [0.25, 0.3) is 0 Å². The Labute approximate surface area is 163 Å². The number of benzene rings is 2. The number of carbonyl (C=O) groups is 1. The maximum atomic E-state index is 11.9. The molecule has 1 amide bonds. The summed E-state index contributed by atoms with van der Waals surface area (Å²) in [6.07, 6.45) is 0.321. The molecule has 0 aliphatic heterocycles. The van der Waals surface area contributed by atoms with Gasteiger partial charge in [-0.2, -0.15) is 0 Å². The molecule has 7 nitrogen and oxygen atoms in total. The Morgan fingerprint density at radius 2 is 1.78 bits per heavy atom. The molecule has 0 radical (unpaired) electrons. The lowest BCUT2D eigenvalue weighted by molar-refractivity contribution is 0.148. The number of amides is 1. The SMILES string of the molecule is CCOC(=O)NCC(Oc1ccc(Oc2cccc(Cl)c2)cc1)S(C)(=O)=O. The minimum atomic E-state index is -3.58. The smallest absolute Gasteiger partial charge is 0.407 e. The first kappa shape index (κ1) is 20.9. The molecule has 2 aromatic rings. The van der Waals surface area contributed by atoms with Crippen LogP contribution in [0.15, 0.2) is 48.5 Å². The van der Waals surface area contributed by atoms with E-state index in [4.69, 9.17) is 25.8 Å². The van der Waals surface area contributed by atoms with Gasteiger partial charge >= 0.3 is 6.09 Å². The van der Waals surface area contributed by atoms with Crippen molar-refractivity contribution in [2.24, 2.45) is 0 Å². The van der Waals surface area contributed by atoms with E-state index in [0.717, 1.165) is 6.26 Å². The van der Waals surface area contributed by atoms with Crippen LogP contribution in [0.5, 0.6) is 17.2 Å². The van der Waals surface area contributed by atoms with E-state index in [0.29, 0.717) is 22.3 Å². The van der Waals surface area contributed by atoms with Gasteiger partial charge in [-0.1, -0.05) is 17.7 Å². The fourth-order valence-electron chi connectivity index (χ4n) is 2.03. The highest BCUT2D eigenvalue weighted by atomic mass is 35.5. The van der Waals surface area contributed by atoms with Gasteiger partial charge in [0.1, 0.15) is 17.2 Å². The van der Waals surface area contributed by atoms with Crippen molar-refractivity contribution in [3.63, 3.8) is 0 Å². The average molecular weight is 414 g/mol. The van der Waals surface area contributed by atoms with Gasteiger partial charge in [0, 0.05) is 11.3 Å². The first-order valence-electron chi connectivity index (χ1n) is 8.07. The zero-order valence-corrected chi connectivity index (χ0v) is 16.4. The second-order valence-corrected chi connectivity index (χ2v) is 8.13. The van der Waals surface area contributed by atoms with Crippen LogP contribution >= 0.6 is 11.6 Å². The van der Waals surface area contributed by atoms with Crippen molar-refractivity contribution in [3.8, 4) is 17.2 Å². The normalized spacial score (nSPS) is 12.1. The van der Waals surface area contributed by atoms with E-state index in [-0.39, 0.29) is 13.2 Å². The molecule has 0 aliphatic rings. The molecule has 2 aromatic carbocycles. The Balaban J connectivity index is 2.02. The maximum Gasteiger partial charge on any atom is 0.407 e. The van der Waals surface area contributed by atoms with E-state index in [2.05, 4.69) is 5.32 Å². The summed E-state index contributed by atoms with van der Waals surface area (Å²) in [7, 11) is -3.58. The van der Waals surface area contributed by atoms with Gasteiger partial charge in [-0.15, -0.1) is 0 Å². The molecule has 1 N–H and O–H groups in total. The number of ether oxygens (including phenoxy) is 3. The van der Waals surface area contributed by atoms with Crippen molar-refractivity contribution in [1.29, 1.82) is 0 Å². The first-order valence-corrected chi connectivity index (χ1v) is 10.4. The van der Waals surface area contributed by atoms with E-state index >= 15 is 0 Å². The Hall–Kier alpha value is -2.45. The standard InChI is InChI=1S/C18H20ClNO6S/c1-3-24-18(21)20-12-17(27(2,22)23)26-15-9-7-14(8-10-15)25-16-6-4-5-13(19)11-16/h4-11,17H,3,12H2,1-2H3,(H,20,21). The summed E-state index contributed by atoms with van der Waals surface area (Å²) in [5.41, 5.74) is -1.25. The van der Waals surface area contributed by atoms with Crippen LogP contribution in [0.3, 0.4) is 0 Å². The number of nitrogens with one attached hydrogen (secondary N) is 1. The number of rotatable bonds is 8. The molecule has 9 heteroatoms. The van der Waals surface area contributed by atoms with Gasteiger partial charge in [-0.05, 0) is 49.4 Å². The Morgan fingerprint density at radius 1 is 1.11 bits per heavy atom. The number of sulfone groups is 1. The monoisotopic (exact) mass is 413 g/mol. The molecule has 27 heavy (non-hydrogen) atoms. The molecule has 146 valence electrons. The highest BCUT2D eigenvalue weighted by Gasteiger charge is 2.23. The van der Waals surface area contributed by atoms with Crippen LogP contribution in [0, 0.1) is 0 Å². The molecule has 1 unspecified atom stereocenters. The van der Waals surface area contributed by atoms with Crippen molar-refractivity contribution in [3.05, 3.63) is 53.6 Å². The summed E-state index contributed by atoms with van der Waals surface area (Å²) in [4.78, 5) is 11.4. The van der Waals surface area contributed by atoms with E-state index in [9.17, 15) is 13.2 Å². The van der Waals surface area contributed by atoms with Crippen molar-refractivity contribution in [1.82, 2.24) is 5.32 Å². The maximum absolute atomic E-state index is 11.9. The molecule has 0 aliphatic carbocycles. The molecule has 2 rings (SSSR count). The predicted molar refractivity (Wildman–Crippen MR) is 102 cm³/mol. The average Bonchev–Trinajstić information content (AvgIpc) is 2.59. The Kier molecular flexibility index (Phi) is 7.32. The Morgan fingerprint density at radius 3 is 2.37 bits per heavy atom. The van der Waals surface area contributed by atoms with Crippen LogP contribution in [0.1, 0.15) is 6.92 Å². The largest absolute Gasteiger partial charge is 0.473 e. The van der Waals surface area contributed by atoms with Gasteiger partial charge in [0.2, 0.25) is 5.44 Å². The van der Waals surface area contributed by atoms with E-state index < -0.39 is 21.4 Å². The van der Waals surface area contributed by atoms with Gasteiger partial charge in [-0.3, -0.25) is 0 Å². The molecular weight excluding hydrogens is 394 g/mol. The molecule has 0 aromatic heterocycles. The fraction of sp³-hybridized carbons (Fsp3) is 0.278. The van der Waals surface area contributed by atoms with Gasteiger partial charge in [0.05, 0.1) is 13.2 Å². The van der Waals surface area contributed by atoms with Gasteiger partial charge in [0.25, 0.3) is 0 Å². The molecule has 0 fully saturated rings. The van der Waals surface area contributed by atoms with Crippen LogP contribution in [-0.2, 0) is 14.6 Å². The molecule has 1 atom stereocenters. The number of hydrogen-bond donors (Lipinski definition) is 1. The van der Waals surface area contributed by atoms with Crippen LogP contribution in [0.4, 0.5) is 4.79 Å². The van der Waals surface area contributed by atoms with Crippen LogP contribution in [0.2, 0.25) is 5.02 Å². The summed E-state index contributed by atoms with van der Waals surface area (Å²) in [5, 5.41) is 2.91. The lowest BCUT2D eigenvalue weighted by Gasteiger charge is -2.18. The third-order valence-electron chi connectivity index (χ3n) is 3.29. The van der Waals surface area contributed by atoms with Gasteiger partial charge in [0.15, 0.2) is 9.84 Å². The summed E-state index contributed by atoms with van der Waals surface area (Å²) in [5.74, 6) is 1.42. The van der Waals surface area contributed by atoms with E-state index in [1.54, 1.807) is 55.5 Å². The minimum absolute atomic E-state index is 0.185. The molecule has 0 heterocycles.